The van der Waals surface area contributed by atoms with Crippen molar-refractivity contribution in [3.8, 4) is 5.75 Å². The molecule has 1 saturated heterocycles. The van der Waals surface area contributed by atoms with E-state index in [1.165, 1.54) is 18.1 Å². The van der Waals surface area contributed by atoms with Gasteiger partial charge in [0.1, 0.15) is 5.75 Å². The van der Waals surface area contributed by atoms with Gasteiger partial charge in [-0.15, -0.1) is 0 Å². The normalized spacial score (nSPS) is 14.2. The highest BCUT2D eigenvalue weighted by atomic mass is 32.2. The van der Waals surface area contributed by atoms with E-state index in [-0.39, 0.29) is 17.1 Å². The van der Waals surface area contributed by atoms with Gasteiger partial charge in [-0.25, -0.2) is 35.2 Å². The maximum Gasteiger partial charge on any atom is 0.322 e. The summed E-state index contributed by atoms with van der Waals surface area (Å²) in [5, 5.41) is 2.50. The van der Waals surface area contributed by atoms with E-state index in [0.717, 1.165) is 12.1 Å². The average molecular weight is 481 g/mol. The Bertz CT molecular complexity index is 1130. The molecule has 0 radical (unpaired) electrons. The molecule has 3 rings (SSSR count). The zero-order valence-electron chi connectivity index (χ0n) is 16.3. The summed E-state index contributed by atoms with van der Waals surface area (Å²) in [5.41, 5.74) is -0.353. The lowest BCUT2D eigenvalue weighted by Gasteiger charge is -2.27. The third kappa shape index (κ3) is 4.55. The van der Waals surface area contributed by atoms with E-state index >= 15 is 0 Å². The lowest BCUT2D eigenvalue weighted by Crippen LogP contribution is -2.43. The minimum Gasteiger partial charge on any atom is -0.495 e. The number of methoxy groups -OCH3 is 1. The standard InChI is InChI=1S/C18H16F5N3O5S/c1-30-11-3-2-9(8-10(11)24-18(27)26-4-6-31-7-5-26)25-32(28,29)17-15(22)13(20)12(19)14(21)16(17)23/h2-3,8,25H,4-7H2,1H3,(H,24,27). The van der Waals surface area contributed by atoms with Gasteiger partial charge in [0, 0.05) is 13.1 Å². The number of halogens is 5. The van der Waals surface area contributed by atoms with Crippen molar-refractivity contribution in [3.63, 3.8) is 0 Å². The number of ether oxygens (including phenoxy) is 2. The van der Waals surface area contributed by atoms with Crippen LogP contribution in [0, 0.1) is 29.1 Å². The number of urea groups is 1. The summed E-state index contributed by atoms with van der Waals surface area (Å²) in [6.07, 6.45) is 0. The molecule has 8 nitrogen and oxygen atoms in total. The monoisotopic (exact) mass is 481 g/mol. The van der Waals surface area contributed by atoms with Gasteiger partial charge in [0.2, 0.25) is 5.82 Å². The lowest BCUT2D eigenvalue weighted by atomic mass is 10.2. The molecule has 0 spiro atoms. The maximum absolute atomic E-state index is 13.9. The van der Waals surface area contributed by atoms with E-state index in [9.17, 15) is 35.2 Å². The first kappa shape index (κ1) is 23.5. The summed E-state index contributed by atoms with van der Waals surface area (Å²) < 4.78 is 105. The van der Waals surface area contributed by atoms with Crippen molar-refractivity contribution in [1.82, 2.24) is 4.90 Å². The smallest absolute Gasteiger partial charge is 0.322 e. The Morgan fingerprint density at radius 1 is 1.00 bits per heavy atom. The van der Waals surface area contributed by atoms with Gasteiger partial charge in [0.25, 0.3) is 10.0 Å². The SMILES string of the molecule is COc1ccc(NS(=O)(=O)c2c(F)c(F)c(F)c(F)c2F)cc1NC(=O)N1CCOCC1. The zero-order valence-corrected chi connectivity index (χ0v) is 17.2. The molecule has 0 aromatic heterocycles. The molecule has 2 N–H and O–H groups in total. The number of amides is 2. The first-order valence-electron chi connectivity index (χ1n) is 8.92. The molecule has 2 aromatic carbocycles. The Labute approximate surface area is 179 Å². The molecule has 1 aliphatic rings. The van der Waals surface area contributed by atoms with E-state index in [0.29, 0.717) is 26.3 Å². The summed E-state index contributed by atoms with van der Waals surface area (Å²) in [5.74, 6) is -12.2. The fourth-order valence-corrected chi connectivity index (χ4v) is 4.05. The molecular weight excluding hydrogens is 465 g/mol. The first-order chi connectivity index (χ1) is 15.1. The minimum absolute atomic E-state index is 0.0124. The van der Waals surface area contributed by atoms with Crippen LogP contribution in [-0.2, 0) is 14.8 Å². The molecule has 1 heterocycles. The van der Waals surface area contributed by atoms with Crippen LogP contribution in [0.1, 0.15) is 0 Å². The van der Waals surface area contributed by atoms with Crippen molar-refractivity contribution in [1.29, 1.82) is 0 Å². The van der Waals surface area contributed by atoms with Crippen LogP contribution in [0.15, 0.2) is 23.1 Å². The molecule has 0 saturated carbocycles. The molecule has 0 atom stereocenters. The summed E-state index contributed by atoms with van der Waals surface area (Å²) in [7, 11) is -3.97. The second-order valence-electron chi connectivity index (χ2n) is 6.45. The van der Waals surface area contributed by atoms with Crippen LogP contribution in [-0.4, -0.2) is 52.8 Å². The van der Waals surface area contributed by atoms with Crippen LogP contribution < -0.4 is 14.8 Å². The van der Waals surface area contributed by atoms with Gasteiger partial charge < -0.3 is 19.7 Å². The molecule has 174 valence electrons. The summed E-state index contributed by atoms with van der Waals surface area (Å²) >= 11 is 0. The van der Waals surface area contributed by atoms with Gasteiger partial charge in [-0.1, -0.05) is 0 Å². The van der Waals surface area contributed by atoms with Gasteiger partial charge in [0.15, 0.2) is 28.2 Å². The number of carbonyl (C=O) groups excluding carboxylic acids is 1. The second kappa shape index (κ2) is 9.16. The Hall–Kier alpha value is -3.13. The molecule has 0 bridgehead atoms. The van der Waals surface area contributed by atoms with Crippen LogP contribution in [0.5, 0.6) is 5.75 Å². The predicted octanol–water partition coefficient (Wildman–Crippen LogP) is 3.06. The number of hydrogen-bond acceptors (Lipinski definition) is 5. The summed E-state index contributed by atoms with van der Waals surface area (Å²) in [4.78, 5) is 11.8. The predicted molar refractivity (Wildman–Crippen MR) is 101 cm³/mol. The highest BCUT2D eigenvalue weighted by molar-refractivity contribution is 7.92. The number of hydrogen-bond donors (Lipinski definition) is 2. The molecule has 32 heavy (non-hydrogen) atoms. The van der Waals surface area contributed by atoms with Crippen molar-refractivity contribution in [2.45, 2.75) is 4.90 Å². The Balaban J connectivity index is 1.92. The fourth-order valence-electron chi connectivity index (χ4n) is 2.86. The molecular formula is C18H16F5N3O5S. The number of sulfonamides is 1. The van der Waals surface area contributed by atoms with E-state index in [1.807, 2.05) is 0 Å². The van der Waals surface area contributed by atoms with Crippen LogP contribution in [0.25, 0.3) is 0 Å². The zero-order chi connectivity index (χ0) is 23.6. The number of rotatable bonds is 5. The van der Waals surface area contributed by atoms with Crippen molar-refractivity contribution in [3.05, 3.63) is 47.3 Å². The van der Waals surface area contributed by atoms with Gasteiger partial charge in [-0.2, -0.15) is 0 Å². The fraction of sp³-hybridized carbons (Fsp3) is 0.278. The van der Waals surface area contributed by atoms with Crippen LogP contribution >= 0.6 is 0 Å². The topological polar surface area (TPSA) is 97.0 Å². The number of nitrogens with zero attached hydrogens (tertiary/aromatic N) is 1. The second-order valence-corrected chi connectivity index (χ2v) is 8.07. The van der Waals surface area contributed by atoms with Crippen LogP contribution in [0.4, 0.5) is 38.1 Å². The molecule has 2 amide bonds. The van der Waals surface area contributed by atoms with Crippen LogP contribution in [0.2, 0.25) is 0 Å². The number of nitrogens with one attached hydrogen (secondary N) is 2. The molecule has 1 fully saturated rings. The molecule has 0 aliphatic carbocycles. The highest BCUT2D eigenvalue weighted by Gasteiger charge is 2.33. The van der Waals surface area contributed by atoms with E-state index in [4.69, 9.17) is 9.47 Å². The summed E-state index contributed by atoms with van der Waals surface area (Å²) in [6.45, 7) is 1.26. The van der Waals surface area contributed by atoms with Gasteiger partial charge in [-0.3, -0.25) is 4.72 Å². The minimum atomic E-state index is -5.25. The quantitative estimate of drug-likeness (QED) is 0.389. The van der Waals surface area contributed by atoms with E-state index in [1.54, 1.807) is 4.72 Å². The molecule has 1 aliphatic heterocycles. The molecule has 2 aromatic rings. The number of benzene rings is 2. The Kier molecular flexibility index (Phi) is 6.74. The Morgan fingerprint density at radius 2 is 1.56 bits per heavy atom. The number of morpholine rings is 1. The average Bonchev–Trinajstić information content (AvgIpc) is 2.76. The van der Waals surface area contributed by atoms with Gasteiger partial charge in [0.05, 0.1) is 31.7 Å². The number of carbonyl (C=O) groups is 1. The van der Waals surface area contributed by atoms with Gasteiger partial charge >= 0.3 is 6.03 Å². The highest BCUT2D eigenvalue weighted by Crippen LogP contribution is 2.32. The van der Waals surface area contributed by atoms with Crippen LogP contribution in [0.3, 0.4) is 0 Å². The lowest BCUT2D eigenvalue weighted by molar-refractivity contribution is 0.0564. The van der Waals surface area contributed by atoms with Crippen molar-refractivity contribution >= 4 is 27.4 Å². The number of anilines is 2. The van der Waals surface area contributed by atoms with E-state index < -0.39 is 50.0 Å². The van der Waals surface area contributed by atoms with Crippen molar-refractivity contribution in [2.75, 3.05) is 43.5 Å². The molecule has 14 heteroatoms. The van der Waals surface area contributed by atoms with Crippen molar-refractivity contribution < 1.29 is 44.6 Å². The summed E-state index contributed by atoms with van der Waals surface area (Å²) in [6, 6.07) is 2.84. The largest absolute Gasteiger partial charge is 0.495 e. The third-order valence-corrected chi connectivity index (χ3v) is 5.83. The maximum atomic E-state index is 13.9. The van der Waals surface area contributed by atoms with E-state index in [2.05, 4.69) is 5.32 Å². The third-order valence-electron chi connectivity index (χ3n) is 4.43. The molecule has 0 unspecified atom stereocenters. The van der Waals surface area contributed by atoms with Crippen molar-refractivity contribution in [2.24, 2.45) is 0 Å². The van der Waals surface area contributed by atoms with Gasteiger partial charge in [-0.05, 0) is 18.2 Å². The first-order valence-corrected chi connectivity index (χ1v) is 10.4. The Morgan fingerprint density at radius 3 is 2.12 bits per heavy atom.